The molecule has 0 unspecified atom stereocenters. The summed E-state index contributed by atoms with van der Waals surface area (Å²) in [5.41, 5.74) is 1.59. The van der Waals surface area contributed by atoms with E-state index in [2.05, 4.69) is 25.3 Å². The van der Waals surface area contributed by atoms with Crippen molar-refractivity contribution in [1.82, 2.24) is 15.1 Å². The first kappa shape index (κ1) is 18.0. The van der Waals surface area contributed by atoms with Gasteiger partial charge in [0.05, 0.1) is 6.20 Å². The standard InChI is InChI=1S/C20H22N6O2/c1-25(2)18-16(13-21-20(23-18)26-10-6-7-11-26)22-19(27)15-12-17(28-24-15)14-8-4-3-5-9-14/h3-5,8-9,12-13H,6-7,10-11H2,1-2H3,(H,22,27). The van der Waals surface area contributed by atoms with E-state index < -0.39 is 0 Å². The molecule has 28 heavy (non-hydrogen) atoms. The van der Waals surface area contributed by atoms with Crippen molar-refractivity contribution in [3.8, 4) is 11.3 Å². The second-order valence-electron chi connectivity index (χ2n) is 6.89. The number of benzene rings is 1. The Morgan fingerprint density at radius 2 is 1.93 bits per heavy atom. The summed E-state index contributed by atoms with van der Waals surface area (Å²) in [4.78, 5) is 25.7. The average Bonchev–Trinajstić information content (AvgIpc) is 3.41. The van der Waals surface area contributed by atoms with Crippen molar-refractivity contribution in [1.29, 1.82) is 0 Å². The molecule has 8 heteroatoms. The van der Waals surface area contributed by atoms with E-state index in [0.717, 1.165) is 31.5 Å². The van der Waals surface area contributed by atoms with E-state index in [4.69, 9.17) is 4.52 Å². The van der Waals surface area contributed by atoms with Crippen molar-refractivity contribution in [3.63, 3.8) is 0 Å². The molecular formula is C20H22N6O2. The molecule has 1 aliphatic rings. The van der Waals surface area contributed by atoms with Gasteiger partial charge in [0.1, 0.15) is 5.69 Å². The largest absolute Gasteiger partial charge is 0.361 e. The molecule has 2 aromatic heterocycles. The lowest BCUT2D eigenvalue weighted by molar-refractivity contribution is 0.101. The van der Waals surface area contributed by atoms with Gasteiger partial charge in [-0.05, 0) is 12.8 Å². The maximum Gasteiger partial charge on any atom is 0.278 e. The number of hydrogen-bond donors (Lipinski definition) is 1. The molecule has 0 saturated carbocycles. The normalized spacial score (nSPS) is 13.6. The maximum atomic E-state index is 12.7. The fourth-order valence-corrected chi connectivity index (χ4v) is 3.17. The molecule has 4 rings (SSSR count). The van der Waals surface area contributed by atoms with E-state index in [9.17, 15) is 4.79 Å². The number of carbonyl (C=O) groups excluding carboxylic acids is 1. The summed E-state index contributed by atoms with van der Waals surface area (Å²) in [6.07, 6.45) is 3.94. The van der Waals surface area contributed by atoms with Gasteiger partial charge >= 0.3 is 0 Å². The van der Waals surface area contributed by atoms with Crippen molar-refractivity contribution < 1.29 is 9.32 Å². The molecule has 3 heterocycles. The van der Waals surface area contributed by atoms with Crippen molar-refractivity contribution in [3.05, 3.63) is 48.3 Å². The Morgan fingerprint density at radius 3 is 2.64 bits per heavy atom. The van der Waals surface area contributed by atoms with Crippen molar-refractivity contribution in [2.24, 2.45) is 0 Å². The van der Waals surface area contributed by atoms with Crippen LogP contribution in [0.1, 0.15) is 23.3 Å². The third-order valence-electron chi connectivity index (χ3n) is 4.62. The molecule has 1 N–H and O–H groups in total. The third-order valence-corrected chi connectivity index (χ3v) is 4.62. The molecule has 8 nitrogen and oxygen atoms in total. The lowest BCUT2D eigenvalue weighted by Gasteiger charge is -2.20. The molecule has 1 aliphatic heterocycles. The zero-order chi connectivity index (χ0) is 19.5. The van der Waals surface area contributed by atoms with Gasteiger partial charge in [-0.1, -0.05) is 35.5 Å². The number of aromatic nitrogens is 3. The molecule has 0 atom stereocenters. The van der Waals surface area contributed by atoms with Crippen molar-refractivity contribution >= 4 is 23.4 Å². The van der Waals surface area contributed by atoms with Crippen LogP contribution in [0.3, 0.4) is 0 Å². The lowest BCUT2D eigenvalue weighted by Crippen LogP contribution is -2.23. The third kappa shape index (κ3) is 3.66. The zero-order valence-corrected chi connectivity index (χ0v) is 15.9. The summed E-state index contributed by atoms with van der Waals surface area (Å²) in [5, 5.41) is 6.74. The molecule has 0 radical (unpaired) electrons. The number of carbonyl (C=O) groups is 1. The van der Waals surface area contributed by atoms with Crippen LogP contribution in [0.2, 0.25) is 0 Å². The first-order valence-electron chi connectivity index (χ1n) is 9.24. The summed E-state index contributed by atoms with van der Waals surface area (Å²) in [7, 11) is 3.77. The summed E-state index contributed by atoms with van der Waals surface area (Å²) in [6, 6.07) is 11.1. The highest BCUT2D eigenvalue weighted by molar-refractivity contribution is 6.04. The molecular weight excluding hydrogens is 356 g/mol. The minimum atomic E-state index is -0.369. The number of nitrogens with one attached hydrogen (secondary N) is 1. The molecule has 0 bridgehead atoms. The van der Waals surface area contributed by atoms with Crippen LogP contribution in [0.4, 0.5) is 17.5 Å². The van der Waals surface area contributed by atoms with E-state index in [1.165, 1.54) is 0 Å². The highest BCUT2D eigenvalue weighted by Crippen LogP contribution is 2.26. The van der Waals surface area contributed by atoms with Crippen LogP contribution in [-0.4, -0.2) is 48.2 Å². The van der Waals surface area contributed by atoms with Gasteiger partial charge in [0.25, 0.3) is 5.91 Å². The molecule has 0 spiro atoms. The summed E-state index contributed by atoms with van der Waals surface area (Å²) in [6.45, 7) is 1.92. The van der Waals surface area contributed by atoms with Gasteiger partial charge in [-0.25, -0.2) is 4.98 Å². The number of rotatable bonds is 5. The Bertz CT molecular complexity index is 964. The van der Waals surface area contributed by atoms with Crippen LogP contribution >= 0.6 is 0 Å². The topological polar surface area (TPSA) is 87.4 Å². The van der Waals surface area contributed by atoms with Crippen LogP contribution in [0, 0.1) is 0 Å². The minimum absolute atomic E-state index is 0.201. The van der Waals surface area contributed by atoms with Gasteiger partial charge in [0, 0.05) is 38.8 Å². The van der Waals surface area contributed by atoms with Crippen LogP contribution in [0.25, 0.3) is 11.3 Å². The Labute approximate surface area is 163 Å². The minimum Gasteiger partial charge on any atom is -0.361 e. The SMILES string of the molecule is CN(C)c1nc(N2CCCC2)ncc1NC(=O)c1cc(-c2ccccc2)on1. The van der Waals surface area contributed by atoms with Gasteiger partial charge in [0.2, 0.25) is 5.95 Å². The second kappa shape index (κ2) is 7.67. The number of hydrogen-bond acceptors (Lipinski definition) is 7. The van der Waals surface area contributed by atoms with E-state index in [-0.39, 0.29) is 11.6 Å². The van der Waals surface area contributed by atoms with Crippen LogP contribution < -0.4 is 15.1 Å². The molecule has 1 amide bonds. The Balaban J connectivity index is 1.55. The highest BCUT2D eigenvalue weighted by Gasteiger charge is 2.20. The van der Waals surface area contributed by atoms with E-state index in [1.54, 1.807) is 12.3 Å². The Kier molecular flexibility index (Phi) is 4.92. The summed E-state index contributed by atoms with van der Waals surface area (Å²) in [5.74, 6) is 1.51. The Hall–Kier alpha value is -3.42. The first-order valence-corrected chi connectivity index (χ1v) is 9.24. The summed E-state index contributed by atoms with van der Waals surface area (Å²) >= 11 is 0. The number of amides is 1. The van der Waals surface area contributed by atoms with Crippen LogP contribution in [-0.2, 0) is 0 Å². The van der Waals surface area contributed by atoms with Crippen LogP contribution in [0.15, 0.2) is 47.1 Å². The number of anilines is 3. The molecule has 1 fully saturated rings. The van der Waals surface area contributed by atoms with E-state index in [0.29, 0.717) is 23.2 Å². The zero-order valence-electron chi connectivity index (χ0n) is 15.9. The van der Waals surface area contributed by atoms with Gasteiger partial charge < -0.3 is 19.6 Å². The number of nitrogens with zero attached hydrogens (tertiary/aromatic N) is 5. The monoisotopic (exact) mass is 378 g/mol. The molecule has 3 aromatic rings. The highest BCUT2D eigenvalue weighted by atomic mass is 16.5. The molecule has 0 aliphatic carbocycles. The predicted molar refractivity (Wildman–Crippen MR) is 108 cm³/mol. The molecule has 144 valence electrons. The van der Waals surface area contributed by atoms with Gasteiger partial charge in [0.15, 0.2) is 17.3 Å². The smallest absolute Gasteiger partial charge is 0.278 e. The fraction of sp³-hybridized carbons (Fsp3) is 0.300. The Morgan fingerprint density at radius 1 is 1.18 bits per heavy atom. The maximum absolute atomic E-state index is 12.7. The predicted octanol–water partition coefficient (Wildman–Crippen LogP) is 3.05. The van der Waals surface area contributed by atoms with E-state index in [1.807, 2.05) is 49.3 Å². The first-order chi connectivity index (χ1) is 13.6. The van der Waals surface area contributed by atoms with Gasteiger partial charge in [-0.3, -0.25) is 4.79 Å². The van der Waals surface area contributed by atoms with Crippen molar-refractivity contribution in [2.75, 3.05) is 42.3 Å². The molecule has 1 aromatic carbocycles. The van der Waals surface area contributed by atoms with Crippen LogP contribution in [0.5, 0.6) is 0 Å². The second-order valence-corrected chi connectivity index (χ2v) is 6.89. The van der Waals surface area contributed by atoms with Crippen molar-refractivity contribution in [2.45, 2.75) is 12.8 Å². The average molecular weight is 378 g/mol. The quantitative estimate of drug-likeness (QED) is 0.730. The summed E-state index contributed by atoms with van der Waals surface area (Å²) < 4.78 is 5.31. The molecule has 1 saturated heterocycles. The van der Waals surface area contributed by atoms with Gasteiger partial charge in [-0.2, -0.15) is 4.98 Å². The van der Waals surface area contributed by atoms with Gasteiger partial charge in [-0.15, -0.1) is 0 Å². The fourth-order valence-electron chi connectivity index (χ4n) is 3.17. The van der Waals surface area contributed by atoms with E-state index >= 15 is 0 Å². The lowest BCUT2D eigenvalue weighted by atomic mass is 10.1.